The van der Waals surface area contributed by atoms with Gasteiger partial charge in [-0.15, -0.1) is 0 Å². The van der Waals surface area contributed by atoms with Crippen molar-refractivity contribution >= 4 is 0 Å². The Kier molecular flexibility index (Phi) is 9.35. The standard InChI is InChI=1S/C27H30O3/c28-27(22-30-21-25-15-8-3-9-16-25)26(19-23-11-4-1-5-12-23)17-10-18-29-20-24-13-6-2-7-14-24/h1-17,26-28H,18-22H2/b17-10+/t26-,27+/m0/s1. The number of hydrogen-bond donors (Lipinski definition) is 1. The van der Waals surface area contributed by atoms with E-state index in [1.807, 2.05) is 72.8 Å². The zero-order valence-corrected chi connectivity index (χ0v) is 17.3. The van der Waals surface area contributed by atoms with Gasteiger partial charge in [-0.1, -0.05) is 103 Å². The van der Waals surface area contributed by atoms with E-state index >= 15 is 0 Å². The predicted molar refractivity (Wildman–Crippen MR) is 121 cm³/mol. The van der Waals surface area contributed by atoms with E-state index in [-0.39, 0.29) is 5.92 Å². The third kappa shape index (κ3) is 7.96. The van der Waals surface area contributed by atoms with Crippen LogP contribution in [-0.4, -0.2) is 24.4 Å². The van der Waals surface area contributed by atoms with Crippen molar-refractivity contribution in [1.82, 2.24) is 0 Å². The molecule has 0 bridgehead atoms. The molecule has 0 saturated carbocycles. The van der Waals surface area contributed by atoms with E-state index in [0.717, 1.165) is 17.5 Å². The first kappa shape index (κ1) is 22.0. The molecule has 0 aliphatic carbocycles. The first-order valence-corrected chi connectivity index (χ1v) is 10.4. The Morgan fingerprint density at radius 3 is 1.73 bits per heavy atom. The van der Waals surface area contributed by atoms with Gasteiger partial charge in [0.2, 0.25) is 0 Å². The number of aliphatic hydroxyl groups is 1. The zero-order valence-electron chi connectivity index (χ0n) is 17.3. The predicted octanol–water partition coefficient (Wildman–Crippen LogP) is 5.20. The fourth-order valence-corrected chi connectivity index (χ4v) is 3.26. The Morgan fingerprint density at radius 2 is 1.17 bits per heavy atom. The monoisotopic (exact) mass is 402 g/mol. The highest BCUT2D eigenvalue weighted by atomic mass is 16.5. The SMILES string of the molecule is O[C@H](COCc1ccccc1)[C@@H](/C=C/COCc1ccccc1)Cc1ccccc1. The minimum Gasteiger partial charge on any atom is -0.390 e. The molecule has 30 heavy (non-hydrogen) atoms. The Labute approximate surface area is 179 Å². The van der Waals surface area contributed by atoms with Crippen molar-refractivity contribution in [3.63, 3.8) is 0 Å². The molecule has 1 N–H and O–H groups in total. The van der Waals surface area contributed by atoms with Crippen molar-refractivity contribution < 1.29 is 14.6 Å². The molecule has 0 spiro atoms. The maximum atomic E-state index is 10.8. The molecule has 3 rings (SSSR count). The minimum atomic E-state index is -0.584. The van der Waals surface area contributed by atoms with Crippen molar-refractivity contribution in [2.75, 3.05) is 13.2 Å². The molecule has 3 aromatic rings. The van der Waals surface area contributed by atoms with Crippen LogP contribution in [0.1, 0.15) is 16.7 Å². The fourth-order valence-electron chi connectivity index (χ4n) is 3.26. The summed E-state index contributed by atoms with van der Waals surface area (Å²) in [5.41, 5.74) is 3.45. The molecule has 0 amide bonds. The molecule has 0 aliphatic rings. The van der Waals surface area contributed by atoms with E-state index in [2.05, 4.69) is 30.3 Å². The summed E-state index contributed by atoms with van der Waals surface area (Å²) in [6, 6.07) is 30.4. The van der Waals surface area contributed by atoms with Crippen LogP contribution in [0.5, 0.6) is 0 Å². The second-order valence-corrected chi connectivity index (χ2v) is 7.35. The zero-order chi connectivity index (χ0) is 20.9. The van der Waals surface area contributed by atoms with Gasteiger partial charge in [0, 0.05) is 5.92 Å². The second kappa shape index (κ2) is 12.8. The van der Waals surface area contributed by atoms with Gasteiger partial charge in [-0.05, 0) is 23.1 Å². The van der Waals surface area contributed by atoms with Crippen LogP contribution in [0, 0.1) is 5.92 Å². The highest BCUT2D eigenvalue weighted by Gasteiger charge is 2.17. The summed E-state index contributed by atoms with van der Waals surface area (Å²) in [5.74, 6) is -0.0384. The summed E-state index contributed by atoms with van der Waals surface area (Å²) in [7, 11) is 0. The Bertz CT molecular complexity index is 847. The molecular formula is C27H30O3. The molecule has 0 aromatic heterocycles. The molecule has 0 saturated heterocycles. The van der Waals surface area contributed by atoms with Crippen LogP contribution in [0.3, 0.4) is 0 Å². The number of ether oxygens (including phenoxy) is 2. The quantitative estimate of drug-likeness (QED) is 0.334. The van der Waals surface area contributed by atoms with Crippen molar-refractivity contribution in [3.05, 3.63) is 120 Å². The Balaban J connectivity index is 1.51. The van der Waals surface area contributed by atoms with Crippen molar-refractivity contribution in [2.24, 2.45) is 5.92 Å². The van der Waals surface area contributed by atoms with Crippen LogP contribution in [0.25, 0.3) is 0 Å². The van der Waals surface area contributed by atoms with Gasteiger partial charge in [-0.3, -0.25) is 0 Å². The fraction of sp³-hybridized carbons (Fsp3) is 0.259. The lowest BCUT2D eigenvalue weighted by atomic mass is 9.94. The molecular weight excluding hydrogens is 372 g/mol. The number of hydrogen-bond acceptors (Lipinski definition) is 3. The molecule has 3 nitrogen and oxygen atoms in total. The van der Waals surface area contributed by atoms with Gasteiger partial charge in [0.15, 0.2) is 0 Å². The summed E-state index contributed by atoms with van der Waals surface area (Å²) in [4.78, 5) is 0. The molecule has 3 aromatic carbocycles. The first-order valence-electron chi connectivity index (χ1n) is 10.4. The van der Waals surface area contributed by atoms with Crippen LogP contribution in [-0.2, 0) is 29.1 Å². The van der Waals surface area contributed by atoms with E-state index in [0.29, 0.717) is 26.4 Å². The van der Waals surface area contributed by atoms with Gasteiger partial charge in [-0.25, -0.2) is 0 Å². The van der Waals surface area contributed by atoms with Crippen molar-refractivity contribution in [2.45, 2.75) is 25.7 Å². The summed E-state index contributed by atoms with van der Waals surface area (Å²) < 4.78 is 11.5. The van der Waals surface area contributed by atoms with Crippen LogP contribution in [0.2, 0.25) is 0 Å². The molecule has 2 atom stereocenters. The largest absolute Gasteiger partial charge is 0.390 e. The van der Waals surface area contributed by atoms with Gasteiger partial charge < -0.3 is 14.6 Å². The molecule has 0 aliphatic heterocycles. The van der Waals surface area contributed by atoms with Gasteiger partial charge in [0.1, 0.15) is 0 Å². The Morgan fingerprint density at radius 1 is 0.667 bits per heavy atom. The number of rotatable bonds is 12. The van der Waals surface area contributed by atoms with E-state index in [4.69, 9.17) is 9.47 Å². The third-order valence-electron chi connectivity index (χ3n) is 4.92. The minimum absolute atomic E-state index is 0.0384. The van der Waals surface area contributed by atoms with Crippen molar-refractivity contribution in [3.8, 4) is 0 Å². The molecule has 156 valence electrons. The normalized spacial score (nSPS) is 13.4. The van der Waals surface area contributed by atoms with Gasteiger partial charge >= 0.3 is 0 Å². The van der Waals surface area contributed by atoms with Crippen LogP contribution < -0.4 is 0 Å². The molecule has 0 fully saturated rings. The third-order valence-corrected chi connectivity index (χ3v) is 4.92. The number of aliphatic hydroxyl groups excluding tert-OH is 1. The molecule has 0 radical (unpaired) electrons. The first-order chi connectivity index (χ1) is 14.8. The van der Waals surface area contributed by atoms with E-state index in [1.54, 1.807) is 0 Å². The second-order valence-electron chi connectivity index (χ2n) is 7.35. The molecule has 0 heterocycles. The molecule has 3 heteroatoms. The van der Waals surface area contributed by atoms with Crippen molar-refractivity contribution in [1.29, 1.82) is 0 Å². The summed E-state index contributed by atoms with van der Waals surface area (Å²) in [6.07, 6.45) is 4.22. The average molecular weight is 403 g/mol. The molecule has 0 unspecified atom stereocenters. The van der Waals surface area contributed by atoms with Crippen LogP contribution in [0.4, 0.5) is 0 Å². The van der Waals surface area contributed by atoms with Crippen LogP contribution in [0.15, 0.2) is 103 Å². The summed E-state index contributed by atoms with van der Waals surface area (Å²) >= 11 is 0. The average Bonchev–Trinajstić information content (AvgIpc) is 2.80. The lowest BCUT2D eigenvalue weighted by molar-refractivity contribution is 0.00817. The Hall–Kier alpha value is -2.72. The topological polar surface area (TPSA) is 38.7 Å². The number of benzene rings is 3. The lowest BCUT2D eigenvalue weighted by Crippen LogP contribution is -2.26. The van der Waals surface area contributed by atoms with E-state index < -0.39 is 6.10 Å². The highest BCUT2D eigenvalue weighted by Crippen LogP contribution is 2.16. The summed E-state index contributed by atoms with van der Waals surface area (Å²) in [5, 5.41) is 10.8. The van der Waals surface area contributed by atoms with Gasteiger partial charge in [0.25, 0.3) is 0 Å². The van der Waals surface area contributed by atoms with Gasteiger partial charge in [0.05, 0.1) is 32.5 Å². The summed E-state index contributed by atoms with van der Waals surface area (Å²) in [6.45, 7) is 1.89. The van der Waals surface area contributed by atoms with Crippen LogP contribution >= 0.6 is 0 Å². The van der Waals surface area contributed by atoms with E-state index in [1.165, 1.54) is 5.56 Å². The highest BCUT2D eigenvalue weighted by molar-refractivity contribution is 5.17. The maximum absolute atomic E-state index is 10.8. The van der Waals surface area contributed by atoms with E-state index in [9.17, 15) is 5.11 Å². The van der Waals surface area contributed by atoms with Gasteiger partial charge in [-0.2, -0.15) is 0 Å². The smallest absolute Gasteiger partial charge is 0.0839 e. The lowest BCUT2D eigenvalue weighted by Gasteiger charge is -2.20. The maximum Gasteiger partial charge on any atom is 0.0839 e.